The summed E-state index contributed by atoms with van der Waals surface area (Å²) in [4.78, 5) is 30.1. The number of halogens is 1. The van der Waals surface area contributed by atoms with Crippen molar-refractivity contribution in [2.45, 2.75) is 25.4 Å². The monoisotopic (exact) mass is 472 g/mol. The van der Waals surface area contributed by atoms with Crippen LogP contribution >= 0.6 is 24.0 Å². The zero-order chi connectivity index (χ0) is 17.9. The number of hydrogen-bond acceptors (Lipinski definition) is 4. The van der Waals surface area contributed by atoms with Crippen LogP contribution in [0.1, 0.15) is 40.5 Å². The van der Waals surface area contributed by atoms with Crippen LogP contribution in [-0.2, 0) is 4.74 Å². The third kappa shape index (κ3) is 4.35. The van der Waals surface area contributed by atoms with E-state index in [1.165, 1.54) is 4.90 Å². The molecule has 0 saturated carbocycles. The van der Waals surface area contributed by atoms with Crippen molar-refractivity contribution in [3.63, 3.8) is 0 Å². The van der Waals surface area contributed by atoms with Gasteiger partial charge in [0.1, 0.15) is 0 Å². The number of benzene rings is 1. The minimum atomic E-state index is -0.239. The predicted molar refractivity (Wildman–Crippen MR) is 110 cm³/mol. The molecule has 1 atom stereocenters. The first-order chi connectivity index (χ1) is 12.0. The van der Waals surface area contributed by atoms with E-state index in [0.717, 1.165) is 19.4 Å². The first kappa shape index (κ1) is 20.6. The third-order valence-electron chi connectivity index (χ3n) is 4.66. The quantitative estimate of drug-likeness (QED) is 0.295. The smallest absolute Gasteiger partial charge is 0.261 e. The van der Waals surface area contributed by atoms with Gasteiger partial charge in [0.05, 0.1) is 16.7 Å². The maximum atomic E-state index is 12.3. The lowest BCUT2D eigenvalue weighted by molar-refractivity contribution is 0.0243. The van der Waals surface area contributed by atoms with Gasteiger partial charge in [-0.05, 0) is 31.9 Å². The molecular weight excluding hydrogens is 447 g/mol. The van der Waals surface area contributed by atoms with Gasteiger partial charge in [-0.15, -0.1) is 24.0 Å². The number of guanidine groups is 1. The van der Waals surface area contributed by atoms with Crippen molar-refractivity contribution >= 4 is 41.8 Å². The molecule has 8 heteroatoms. The molecule has 1 aromatic carbocycles. The van der Waals surface area contributed by atoms with E-state index in [4.69, 9.17) is 4.74 Å². The van der Waals surface area contributed by atoms with Crippen LogP contribution < -0.4 is 10.6 Å². The first-order valence-corrected chi connectivity index (χ1v) is 8.58. The fraction of sp³-hybridized carbons (Fsp3) is 0.500. The first-order valence-electron chi connectivity index (χ1n) is 8.58. The van der Waals surface area contributed by atoms with Gasteiger partial charge in [0.25, 0.3) is 11.8 Å². The zero-order valence-electron chi connectivity index (χ0n) is 15.1. The summed E-state index contributed by atoms with van der Waals surface area (Å²) in [5.74, 6) is 0.155. The lowest BCUT2D eigenvalue weighted by Crippen LogP contribution is -2.47. The van der Waals surface area contributed by atoms with Crippen LogP contribution in [0.25, 0.3) is 0 Å². The van der Waals surface area contributed by atoms with E-state index in [1.54, 1.807) is 31.3 Å². The lowest BCUT2D eigenvalue weighted by atomic mass is 10.0. The molecule has 1 unspecified atom stereocenters. The van der Waals surface area contributed by atoms with Crippen molar-refractivity contribution in [2.24, 2.45) is 4.99 Å². The van der Waals surface area contributed by atoms with Gasteiger partial charge in [0.2, 0.25) is 0 Å². The Labute approximate surface area is 170 Å². The number of aliphatic imine (C=N–C) groups is 1. The minimum Gasteiger partial charge on any atom is -0.373 e. The van der Waals surface area contributed by atoms with Gasteiger partial charge in [-0.25, -0.2) is 0 Å². The Hall–Kier alpha value is -1.68. The second-order valence-electron chi connectivity index (χ2n) is 6.56. The fourth-order valence-corrected chi connectivity index (χ4v) is 3.20. The molecule has 2 amide bonds. The predicted octanol–water partition coefficient (Wildman–Crippen LogP) is 1.63. The summed E-state index contributed by atoms with van der Waals surface area (Å²) in [5.41, 5.74) is 0.780. The molecule has 2 aliphatic heterocycles. The average molecular weight is 472 g/mol. The fourth-order valence-electron chi connectivity index (χ4n) is 3.20. The van der Waals surface area contributed by atoms with Gasteiger partial charge in [-0.1, -0.05) is 12.1 Å². The van der Waals surface area contributed by atoms with E-state index in [1.807, 2.05) is 0 Å². The number of hydrogen-bond donors (Lipinski definition) is 2. The van der Waals surface area contributed by atoms with E-state index in [2.05, 4.69) is 22.5 Å². The van der Waals surface area contributed by atoms with Crippen molar-refractivity contribution in [2.75, 3.05) is 33.3 Å². The van der Waals surface area contributed by atoms with Crippen molar-refractivity contribution in [1.29, 1.82) is 0 Å². The summed E-state index contributed by atoms with van der Waals surface area (Å²) in [6.45, 7) is 4.27. The van der Waals surface area contributed by atoms with Crippen LogP contribution in [0.4, 0.5) is 0 Å². The lowest BCUT2D eigenvalue weighted by Gasteiger charge is -2.25. The maximum absolute atomic E-state index is 12.3. The van der Waals surface area contributed by atoms with Gasteiger partial charge in [-0.2, -0.15) is 0 Å². The third-order valence-corrected chi connectivity index (χ3v) is 4.66. The van der Waals surface area contributed by atoms with E-state index >= 15 is 0 Å². The molecule has 0 aliphatic carbocycles. The number of rotatable bonds is 5. The average Bonchev–Trinajstić information content (AvgIpc) is 3.16. The number of nitrogens with zero attached hydrogens (tertiary/aromatic N) is 2. The Bertz CT molecular complexity index is 666. The molecule has 1 aromatic rings. The summed E-state index contributed by atoms with van der Waals surface area (Å²) >= 11 is 0. The highest BCUT2D eigenvalue weighted by molar-refractivity contribution is 14.0. The van der Waals surface area contributed by atoms with Gasteiger partial charge < -0.3 is 15.4 Å². The molecule has 0 radical (unpaired) electrons. The Morgan fingerprint density at radius 2 is 1.88 bits per heavy atom. The number of amides is 2. The Morgan fingerprint density at radius 1 is 1.23 bits per heavy atom. The van der Waals surface area contributed by atoms with Crippen molar-refractivity contribution in [1.82, 2.24) is 15.5 Å². The second kappa shape index (κ2) is 8.81. The van der Waals surface area contributed by atoms with Crippen LogP contribution in [0.5, 0.6) is 0 Å². The van der Waals surface area contributed by atoms with Crippen LogP contribution in [-0.4, -0.2) is 61.6 Å². The molecular formula is C18H25IN4O3. The van der Waals surface area contributed by atoms with Crippen LogP contribution in [0.3, 0.4) is 0 Å². The number of carbonyl (C=O) groups is 2. The summed E-state index contributed by atoms with van der Waals surface area (Å²) in [6, 6.07) is 6.91. The highest BCUT2D eigenvalue weighted by Crippen LogP contribution is 2.24. The molecule has 3 rings (SSSR count). The second-order valence-corrected chi connectivity index (χ2v) is 6.56. The summed E-state index contributed by atoms with van der Waals surface area (Å²) in [7, 11) is 1.69. The van der Waals surface area contributed by atoms with E-state index in [9.17, 15) is 9.59 Å². The molecule has 26 heavy (non-hydrogen) atoms. The molecule has 0 spiro atoms. The Kier molecular flexibility index (Phi) is 6.99. The molecule has 0 aromatic heterocycles. The number of nitrogens with one attached hydrogen (secondary N) is 2. The maximum Gasteiger partial charge on any atom is 0.261 e. The van der Waals surface area contributed by atoms with E-state index in [0.29, 0.717) is 36.7 Å². The van der Waals surface area contributed by atoms with E-state index < -0.39 is 0 Å². The molecule has 2 aliphatic rings. The molecule has 142 valence electrons. The number of fused-ring (bicyclic) bond motifs is 1. The molecule has 1 saturated heterocycles. The van der Waals surface area contributed by atoms with Gasteiger partial charge in [-0.3, -0.25) is 19.5 Å². The Morgan fingerprint density at radius 3 is 2.42 bits per heavy atom. The van der Waals surface area contributed by atoms with Crippen LogP contribution in [0.15, 0.2) is 29.3 Å². The normalized spacial score (nSPS) is 22.2. The SMILES string of the molecule is CN=C(NCCN1C(=O)c2ccccc2C1=O)NCC1(C)CCCO1.I. The highest BCUT2D eigenvalue weighted by Gasteiger charge is 2.34. The van der Waals surface area contributed by atoms with Crippen LogP contribution in [0, 0.1) is 0 Å². The minimum absolute atomic E-state index is 0. The molecule has 0 bridgehead atoms. The molecule has 1 fully saturated rings. The number of carbonyl (C=O) groups excluding carboxylic acids is 2. The molecule has 2 N–H and O–H groups in total. The summed E-state index contributed by atoms with van der Waals surface area (Å²) in [6.07, 6.45) is 2.09. The topological polar surface area (TPSA) is 83.0 Å². The van der Waals surface area contributed by atoms with Gasteiger partial charge in [0, 0.05) is 33.3 Å². The summed E-state index contributed by atoms with van der Waals surface area (Å²) < 4.78 is 5.74. The largest absolute Gasteiger partial charge is 0.373 e. The highest BCUT2D eigenvalue weighted by atomic mass is 127. The standard InChI is InChI=1S/C18H24N4O3.HI/c1-18(8-5-11-25-18)12-21-17(19-2)20-9-10-22-15(23)13-6-3-4-7-14(13)16(22)24;/h3-4,6-7H,5,8-12H2,1-2H3,(H2,19,20,21);1H. The molecule has 2 heterocycles. The van der Waals surface area contributed by atoms with Gasteiger partial charge >= 0.3 is 0 Å². The van der Waals surface area contributed by atoms with Gasteiger partial charge in [0.15, 0.2) is 5.96 Å². The Balaban J connectivity index is 0.00000243. The summed E-state index contributed by atoms with van der Waals surface area (Å²) in [5, 5.41) is 6.38. The number of ether oxygens (including phenoxy) is 1. The molecule has 7 nitrogen and oxygen atoms in total. The van der Waals surface area contributed by atoms with E-state index in [-0.39, 0.29) is 41.4 Å². The van der Waals surface area contributed by atoms with Crippen molar-refractivity contribution in [3.05, 3.63) is 35.4 Å². The van der Waals surface area contributed by atoms with Crippen molar-refractivity contribution < 1.29 is 14.3 Å². The number of imide groups is 1. The van der Waals surface area contributed by atoms with Crippen molar-refractivity contribution in [3.8, 4) is 0 Å². The van der Waals surface area contributed by atoms with Crippen LogP contribution in [0.2, 0.25) is 0 Å². The zero-order valence-corrected chi connectivity index (χ0v) is 17.4.